The second-order valence-corrected chi connectivity index (χ2v) is 7.70. The van der Waals surface area contributed by atoms with Crippen LogP contribution in [0.2, 0.25) is 0 Å². The van der Waals surface area contributed by atoms with Crippen molar-refractivity contribution in [3.8, 4) is 5.75 Å². The minimum atomic E-state index is -4.72. The zero-order valence-corrected chi connectivity index (χ0v) is 15.3. The average molecular weight is 388 g/mol. The Morgan fingerprint density at radius 2 is 1.88 bits per heavy atom. The molecule has 144 valence electrons. The normalized spacial score (nSPS) is 21.6. The number of nitrogens with zero attached hydrogens (tertiary/aromatic N) is 2. The number of hydrogen-bond donors (Lipinski definition) is 0. The molecule has 3 rings (SSSR count). The SMILES string of the molecule is O=C1CSC(c2cccc(OC(F)(F)F)c2)N1CCCCN1CCCC1. The van der Waals surface area contributed by atoms with E-state index in [1.807, 2.05) is 0 Å². The zero-order valence-electron chi connectivity index (χ0n) is 14.5. The first-order valence-corrected chi connectivity index (χ1v) is 9.96. The third-order valence-electron chi connectivity index (χ3n) is 4.67. The van der Waals surface area contributed by atoms with Crippen LogP contribution in [0.5, 0.6) is 5.75 Å². The van der Waals surface area contributed by atoms with Gasteiger partial charge in [-0.25, -0.2) is 0 Å². The molecular formula is C18H23F3N2O2S. The summed E-state index contributed by atoms with van der Waals surface area (Å²) in [5.41, 5.74) is 0.669. The summed E-state index contributed by atoms with van der Waals surface area (Å²) in [6.07, 6.45) is -0.262. The van der Waals surface area contributed by atoms with Crippen molar-refractivity contribution in [2.45, 2.75) is 37.4 Å². The van der Waals surface area contributed by atoms with Crippen LogP contribution in [0.15, 0.2) is 24.3 Å². The Labute approximate surface area is 155 Å². The summed E-state index contributed by atoms with van der Waals surface area (Å²) in [4.78, 5) is 16.4. The van der Waals surface area contributed by atoms with E-state index in [9.17, 15) is 18.0 Å². The summed E-state index contributed by atoms with van der Waals surface area (Å²) in [6, 6.07) is 5.93. The Hall–Kier alpha value is -1.41. The molecule has 0 N–H and O–H groups in total. The molecule has 26 heavy (non-hydrogen) atoms. The molecule has 2 heterocycles. The fraction of sp³-hybridized carbons (Fsp3) is 0.611. The molecule has 0 aliphatic carbocycles. The lowest BCUT2D eigenvalue weighted by Gasteiger charge is -2.25. The van der Waals surface area contributed by atoms with Gasteiger partial charge in [0, 0.05) is 6.54 Å². The van der Waals surface area contributed by atoms with E-state index in [-0.39, 0.29) is 17.0 Å². The van der Waals surface area contributed by atoms with Crippen LogP contribution < -0.4 is 4.74 Å². The van der Waals surface area contributed by atoms with Gasteiger partial charge in [-0.2, -0.15) is 0 Å². The fourth-order valence-corrected chi connectivity index (χ4v) is 4.67. The summed E-state index contributed by atoms with van der Waals surface area (Å²) in [5, 5.41) is -0.244. The van der Waals surface area contributed by atoms with Crippen LogP contribution in [0.25, 0.3) is 0 Å². The maximum Gasteiger partial charge on any atom is 0.573 e. The van der Waals surface area contributed by atoms with Crippen LogP contribution in [0.3, 0.4) is 0 Å². The highest BCUT2D eigenvalue weighted by molar-refractivity contribution is 8.00. The van der Waals surface area contributed by atoms with Gasteiger partial charge in [0.05, 0.1) is 5.75 Å². The molecule has 1 aromatic carbocycles. The predicted octanol–water partition coefficient (Wildman–Crippen LogP) is 4.04. The molecule has 2 aliphatic rings. The van der Waals surface area contributed by atoms with Crippen molar-refractivity contribution in [3.63, 3.8) is 0 Å². The third-order valence-corrected chi connectivity index (χ3v) is 5.92. The lowest BCUT2D eigenvalue weighted by atomic mass is 10.2. The molecule has 1 amide bonds. The van der Waals surface area contributed by atoms with E-state index in [1.165, 1.54) is 42.8 Å². The Kier molecular flexibility index (Phi) is 6.34. The highest BCUT2D eigenvalue weighted by atomic mass is 32.2. The number of carbonyl (C=O) groups excluding carboxylic acids is 1. The predicted molar refractivity (Wildman–Crippen MR) is 94.9 cm³/mol. The van der Waals surface area contributed by atoms with E-state index < -0.39 is 6.36 Å². The first kappa shape index (κ1) is 19.4. The Morgan fingerprint density at radius 1 is 1.15 bits per heavy atom. The Morgan fingerprint density at radius 3 is 2.62 bits per heavy atom. The maximum absolute atomic E-state index is 12.4. The highest BCUT2D eigenvalue weighted by Crippen LogP contribution is 2.40. The van der Waals surface area contributed by atoms with Gasteiger partial charge in [0.25, 0.3) is 0 Å². The highest BCUT2D eigenvalue weighted by Gasteiger charge is 2.34. The molecule has 0 saturated carbocycles. The first-order chi connectivity index (χ1) is 12.4. The number of benzene rings is 1. The monoisotopic (exact) mass is 388 g/mol. The van der Waals surface area contributed by atoms with Crippen LogP contribution in [0, 0.1) is 0 Å². The Balaban J connectivity index is 1.57. The number of thioether (sulfide) groups is 1. The molecular weight excluding hydrogens is 365 g/mol. The summed E-state index contributed by atoms with van der Waals surface area (Å²) in [5.74, 6) is 0.161. The number of unbranched alkanes of at least 4 members (excludes halogenated alkanes) is 1. The van der Waals surface area contributed by atoms with Crippen molar-refractivity contribution in [2.75, 3.05) is 31.9 Å². The van der Waals surface area contributed by atoms with Gasteiger partial charge in [-0.15, -0.1) is 24.9 Å². The number of rotatable bonds is 7. The van der Waals surface area contributed by atoms with E-state index in [1.54, 1.807) is 11.0 Å². The van der Waals surface area contributed by atoms with Gasteiger partial charge in [0.15, 0.2) is 0 Å². The summed E-state index contributed by atoms with van der Waals surface area (Å²) in [7, 11) is 0. The topological polar surface area (TPSA) is 32.8 Å². The lowest BCUT2D eigenvalue weighted by molar-refractivity contribution is -0.274. The standard InChI is InChI=1S/C18H23F3N2O2S/c19-18(20,21)25-15-7-5-6-14(12-15)17-23(16(24)13-26-17)11-4-3-10-22-8-1-2-9-22/h5-7,12,17H,1-4,8-11,13H2. The summed E-state index contributed by atoms with van der Waals surface area (Å²) in [6.45, 7) is 4.00. The van der Waals surface area contributed by atoms with Crippen molar-refractivity contribution in [2.24, 2.45) is 0 Å². The Bertz CT molecular complexity index is 621. The zero-order chi connectivity index (χ0) is 18.6. The van der Waals surface area contributed by atoms with E-state index in [2.05, 4.69) is 9.64 Å². The van der Waals surface area contributed by atoms with Crippen molar-refractivity contribution >= 4 is 17.7 Å². The van der Waals surface area contributed by atoms with Crippen molar-refractivity contribution in [1.29, 1.82) is 0 Å². The molecule has 0 aromatic heterocycles. The maximum atomic E-state index is 12.4. The van der Waals surface area contributed by atoms with Crippen molar-refractivity contribution in [1.82, 2.24) is 9.80 Å². The summed E-state index contributed by atoms with van der Waals surface area (Å²) < 4.78 is 41.3. The average Bonchev–Trinajstić information content (AvgIpc) is 3.20. The van der Waals surface area contributed by atoms with Gasteiger partial charge in [-0.3, -0.25) is 4.79 Å². The number of ether oxygens (including phenoxy) is 1. The minimum absolute atomic E-state index is 0.0447. The van der Waals surface area contributed by atoms with Crippen molar-refractivity contribution < 1.29 is 22.7 Å². The number of likely N-dealkylation sites (tertiary alicyclic amines) is 1. The molecule has 0 radical (unpaired) electrons. The van der Waals surface area contributed by atoms with Gasteiger partial charge in [-0.05, 0) is 63.0 Å². The minimum Gasteiger partial charge on any atom is -0.406 e. The lowest BCUT2D eigenvalue weighted by Crippen LogP contribution is -2.30. The van der Waals surface area contributed by atoms with Crippen LogP contribution in [0.4, 0.5) is 13.2 Å². The van der Waals surface area contributed by atoms with E-state index in [0.29, 0.717) is 17.9 Å². The number of halogens is 3. The molecule has 8 heteroatoms. The number of alkyl halides is 3. The fourth-order valence-electron chi connectivity index (χ4n) is 3.46. The van der Waals surface area contributed by atoms with Gasteiger partial charge >= 0.3 is 6.36 Å². The van der Waals surface area contributed by atoms with Crippen LogP contribution in [-0.4, -0.2) is 54.0 Å². The number of amides is 1. The smallest absolute Gasteiger partial charge is 0.406 e. The molecule has 2 saturated heterocycles. The van der Waals surface area contributed by atoms with E-state index in [4.69, 9.17) is 0 Å². The van der Waals surface area contributed by atoms with Gasteiger partial charge < -0.3 is 14.5 Å². The molecule has 2 fully saturated rings. The molecule has 1 unspecified atom stereocenters. The second-order valence-electron chi connectivity index (χ2n) is 6.63. The molecule has 1 aromatic rings. The van der Waals surface area contributed by atoms with E-state index in [0.717, 1.165) is 32.5 Å². The summed E-state index contributed by atoms with van der Waals surface area (Å²) >= 11 is 1.45. The quantitative estimate of drug-likeness (QED) is 0.660. The van der Waals surface area contributed by atoms with Crippen LogP contribution in [0.1, 0.15) is 36.6 Å². The molecule has 2 aliphatic heterocycles. The van der Waals surface area contributed by atoms with Gasteiger partial charge in [-0.1, -0.05) is 12.1 Å². The molecule has 0 bridgehead atoms. The number of carbonyl (C=O) groups is 1. The second kappa shape index (κ2) is 8.52. The van der Waals surface area contributed by atoms with Crippen molar-refractivity contribution in [3.05, 3.63) is 29.8 Å². The largest absolute Gasteiger partial charge is 0.573 e. The van der Waals surface area contributed by atoms with Crippen LogP contribution >= 0.6 is 11.8 Å². The number of hydrogen-bond acceptors (Lipinski definition) is 4. The molecule has 1 atom stereocenters. The molecule has 0 spiro atoms. The van der Waals surface area contributed by atoms with Gasteiger partial charge in [0.1, 0.15) is 11.1 Å². The first-order valence-electron chi connectivity index (χ1n) is 8.91. The van der Waals surface area contributed by atoms with Gasteiger partial charge in [0.2, 0.25) is 5.91 Å². The third kappa shape index (κ3) is 5.30. The van der Waals surface area contributed by atoms with Crippen LogP contribution in [-0.2, 0) is 4.79 Å². The molecule has 4 nitrogen and oxygen atoms in total. The van der Waals surface area contributed by atoms with E-state index >= 15 is 0 Å².